The van der Waals surface area contributed by atoms with Crippen LogP contribution in [0.3, 0.4) is 0 Å². The number of halogens is 1. The Balaban J connectivity index is 1.99. The molecule has 1 N–H and O–H groups in total. The number of nitrogens with one attached hydrogen (secondary N) is 1. The number of carbonyl (C=O) groups is 1. The summed E-state index contributed by atoms with van der Waals surface area (Å²) in [5.41, 5.74) is 0.993. The molecule has 1 aliphatic rings. The van der Waals surface area contributed by atoms with E-state index in [9.17, 15) is 4.79 Å². The van der Waals surface area contributed by atoms with Crippen molar-refractivity contribution in [3.05, 3.63) is 28.8 Å². The third kappa shape index (κ3) is 5.26. The largest absolute Gasteiger partial charge is 0.496 e. The fraction of sp³-hybridized carbons (Fsp3) is 0.556. The molecule has 0 spiro atoms. The van der Waals surface area contributed by atoms with Crippen molar-refractivity contribution in [1.82, 2.24) is 10.2 Å². The van der Waals surface area contributed by atoms with Gasteiger partial charge in [-0.1, -0.05) is 17.7 Å². The molecule has 1 aromatic rings. The Kier molecular flexibility index (Phi) is 7.37. The highest BCUT2D eigenvalue weighted by molar-refractivity contribution is 6.30. The van der Waals surface area contributed by atoms with Crippen molar-refractivity contribution in [3.8, 4) is 5.75 Å². The van der Waals surface area contributed by atoms with Crippen LogP contribution in [0.15, 0.2) is 23.2 Å². The van der Waals surface area contributed by atoms with Gasteiger partial charge in [0.15, 0.2) is 5.96 Å². The number of piperidine rings is 1. The Morgan fingerprint density at radius 2 is 2.28 bits per heavy atom. The lowest BCUT2D eigenvalue weighted by Gasteiger charge is -2.34. The maximum Gasteiger partial charge on any atom is 0.310 e. The number of likely N-dealkylation sites (tertiary alicyclic amines) is 1. The van der Waals surface area contributed by atoms with E-state index in [1.165, 1.54) is 0 Å². The number of esters is 1. The zero-order chi connectivity index (χ0) is 18.2. The third-order valence-electron chi connectivity index (χ3n) is 4.24. The first kappa shape index (κ1) is 19.4. The average molecular weight is 368 g/mol. The minimum atomic E-state index is -0.123. The molecule has 1 unspecified atom stereocenters. The van der Waals surface area contributed by atoms with Crippen LogP contribution < -0.4 is 10.1 Å². The number of hydrogen-bond acceptors (Lipinski definition) is 4. The summed E-state index contributed by atoms with van der Waals surface area (Å²) in [6, 6.07) is 5.56. The predicted molar refractivity (Wildman–Crippen MR) is 99.1 cm³/mol. The summed E-state index contributed by atoms with van der Waals surface area (Å²) >= 11 is 6.00. The second-order valence-electron chi connectivity index (χ2n) is 5.89. The van der Waals surface area contributed by atoms with Gasteiger partial charge in [0.25, 0.3) is 0 Å². The Morgan fingerprint density at radius 3 is 2.96 bits per heavy atom. The SMILES string of the molecule is CCOC(=O)C1CCCN(C(=NC)NCc2ccc(Cl)cc2OC)C1. The molecular formula is C18H26ClN3O3. The minimum Gasteiger partial charge on any atom is -0.496 e. The monoisotopic (exact) mass is 367 g/mol. The van der Waals surface area contributed by atoms with Gasteiger partial charge in [0.1, 0.15) is 5.75 Å². The van der Waals surface area contributed by atoms with Crippen LogP contribution in [0.2, 0.25) is 5.02 Å². The first-order valence-electron chi connectivity index (χ1n) is 8.53. The molecule has 1 aromatic carbocycles. The van der Waals surface area contributed by atoms with Crippen molar-refractivity contribution in [2.24, 2.45) is 10.9 Å². The second kappa shape index (κ2) is 9.51. The van der Waals surface area contributed by atoms with Gasteiger partial charge in [-0.25, -0.2) is 0 Å². The van der Waals surface area contributed by atoms with E-state index in [4.69, 9.17) is 21.1 Å². The highest BCUT2D eigenvalue weighted by Crippen LogP contribution is 2.23. The summed E-state index contributed by atoms with van der Waals surface area (Å²) in [6.07, 6.45) is 1.80. The molecule has 2 rings (SSSR count). The Bertz CT molecular complexity index is 622. The van der Waals surface area contributed by atoms with Gasteiger partial charge in [0, 0.05) is 37.3 Å². The van der Waals surface area contributed by atoms with Gasteiger partial charge in [-0.3, -0.25) is 9.79 Å². The van der Waals surface area contributed by atoms with Crippen molar-refractivity contribution in [3.63, 3.8) is 0 Å². The number of aliphatic imine (C=N–C) groups is 1. The summed E-state index contributed by atoms with van der Waals surface area (Å²) in [6.45, 7) is 4.30. The van der Waals surface area contributed by atoms with E-state index < -0.39 is 0 Å². The zero-order valence-electron chi connectivity index (χ0n) is 15.0. The maximum atomic E-state index is 12.0. The van der Waals surface area contributed by atoms with Gasteiger partial charge >= 0.3 is 5.97 Å². The first-order valence-corrected chi connectivity index (χ1v) is 8.91. The van der Waals surface area contributed by atoms with Crippen LogP contribution in [0.1, 0.15) is 25.3 Å². The number of nitrogens with zero attached hydrogens (tertiary/aromatic N) is 2. The molecule has 0 aliphatic carbocycles. The highest BCUT2D eigenvalue weighted by Gasteiger charge is 2.28. The lowest BCUT2D eigenvalue weighted by Crippen LogP contribution is -2.48. The summed E-state index contributed by atoms with van der Waals surface area (Å²) in [7, 11) is 3.37. The van der Waals surface area contributed by atoms with E-state index in [2.05, 4.69) is 15.2 Å². The molecule has 1 saturated heterocycles. The van der Waals surface area contributed by atoms with Crippen LogP contribution in [0.25, 0.3) is 0 Å². The number of guanidine groups is 1. The smallest absolute Gasteiger partial charge is 0.310 e. The number of rotatable bonds is 5. The molecule has 0 amide bonds. The Labute approximate surface area is 154 Å². The highest BCUT2D eigenvalue weighted by atomic mass is 35.5. The molecule has 1 fully saturated rings. The maximum absolute atomic E-state index is 12.0. The van der Waals surface area contributed by atoms with Gasteiger partial charge < -0.3 is 19.7 Å². The number of ether oxygens (including phenoxy) is 2. The molecular weight excluding hydrogens is 342 g/mol. The van der Waals surface area contributed by atoms with Gasteiger partial charge in [-0.15, -0.1) is 0 Å². The molecule has 1 heterocycles. The normalized spacial score (nSPS) is 18.0. The number of carbonyl (C=O) groups excluding carboxylic acids is 1. The standard InChI is InChI=1S/C18H26ClN3O3/c1-4-25-17(23)14-6-5-9-22(12-14)18(20-2)21-11-13-7-8-15(19)10-16(13)24-3/h7-8,10,14H,4-6,9,11-12H2,1-3H3,(H,20,21). The van der Waals surface area contributed by atoms with E-state index in [1.807, 2.05) is 19.1 Å². The predicted octanol–water partition coefficient (Wildman–Crippen LogP) is 2.70. The van der Waals surface area contributed by atoms with Gasteiger partial charge in [0.05, 0.1) is 19.6 Å². The van der Waals surface area contributed by atoms with Crippen molar-refractivity contribution in [1.29, 1.82) is 0 Å². The minimum absolute atomic E-state index is 0.0997. The Hall–Kier alpha value is -1.95. The quantitative estimate of drug-likeness (QED) is 0.492. The summed E-state index contributed by atoms with van der Waals surface area (Å²) in [5, 5.41) is 3.98. The molecule has 6 nitrogen and oxygen atoms in total. The van der Waals surface area contributed by atoms with Crippen LogP contribution in [0.4, 0.5) is 0 Å². The van der Waals surface area contributed by atoms with Crippen molar-refractivity contribution in [2.45, 2.75) is 26.3 Å². The fourth-order valence-electron chi connectivity index (χ4n) is 2.99. The van der Waals surface area contributed by atoms with Crippen LogP contribution in [0.5, 0.6) is 5.75 Å². The molecule has 138 valence electrons. The van der Waals surface area contributed by atoms with E-state index in [0.29, 0.717) is 24.7 Å². The number of hydrogen-bond donors (Lipinski definition) is 1. The molecule has 7 heteroatoms. The van der Waals surface area contributed by atoms with E-state index in [1.54, 1.807) is 20.2 Å². The Morgan fingerprint density at radius 1 is 1.48 bits per heavy atom. The second-order valence-corrected chi connectivity index (χ2v) is 6.33. The van der Waals surface area contributed by atoms with Crippen molar-refractivity contribution >= 4 is 23.5 Å². The first-order chi connectivity index (χ1) is 12.1. The number of benzene rings is 1. The van der Waals surface area contributed by atoms with Crippen molar-refractivity contribution < 1.29 is 14.3 Å². The van der Waals surface area contributed by atoms with Crippen LogP contribution >= 0.6 is 11.6 Å². The molecule has 0 bridgehead atoms. The van der Waals surface area contributed by atoms with Gasteiger partial charge in [-0.2, -0.15) is 0 Å². The van der Waals surface area contributed by atoms with Crippen LogP contribution in [-0.2, 0) is 16.1 Å². The number of methoxy groups -OCH3 is 1. The molecule has 1 aliphatic heterocycles. The lowest BCUT2D eigenvalue weighted by molar-refractivity contribution is -0.149. The third-order valence-corrected chi connectivity index (χ3v) is 4.47. The average Bonchev–Trinajstić information content (AvgIpc) is 2.63. The lowest BCUT2D eigenvalue weighted by atomic mass is 9.98. The summed E-state index contributed by atoms with van der Waals surface area (Å²) < 4.78 is 10.5. The zero-order valence-corrected chi connectivity index (χ0v) is 15.8. The van der Waals surface area contributed by atoms with Crippen LogP contribution in [-0.4, -0.2) is 50.7 Å². The molecule has 1 atom stereocenters. The van der Waals surface area contributed by atoms with Gasteiger partial charge in [0.2, 0.25) is 0 Å². The van der Waals surface area contributed by atoms with Crippen molar-refractivity contribution in [2.75, 3.05) is 33.9 Å². The topological polar surface area (TPSA) is 63.2 Å². The van der Waals surface area contributed by atoms with E-state index in [0.717, 1.165) is 36.7 Å². The molecule has 0 radical (unpaired) electrons. The molecule has 25 heavy (non-hydrogen) atoms. The van der Waals surface area contributed by atoms with E-state index in [-0.39, 0.29) is 11.9 Å². The van der Waals surface area contributed by atoms with Gasteiger partial charge in [-0.05, 0) is 31.9 Å². The van der Waals surface area contributed by atoms with Crippen LogP contribution in [0, 0.1) is 5.92 Å². The summed E-state index contributed by atoms with van der Waals surface area (Å²) in [5.74, 6) is 1.28. The molecule has 0 aromatic heterocycles. The van der Waals surface area contributed by atoms with E-state index >= 15 is 0 Å². The summed E-state index contributed by atoms with van der Waals surface area (Å²) in [4.78, 5) is 18.5. The molecule has 0 saturated carbocycles. The fourth-order valence-corrected chi connectivity index (χ4v) is 3.16.